The van der Waals surface area contributed by atoms with Gasteiger partial charge in [-0.05, 0) is 13.0 Å². The molecule has 7 nitrogen and oxygen atoms in total. The zero-order valence-corrected chi connectivity index (χ0v) is 10.8. The van der Waals surface area contributed by atoms with Crippen molar-refractivity contribution in [1.29, 1.82) is 0 Å². The number of para-hydroxylation sites is 1. The molecule has 0 aliphatic rings. The molecule has 0 aliphatic carbocycles. The van der Waals surface area contributed by atoms with E-state index >= 15 is 0 Å². The maximum atomic E-state index is 13.7. The van der Waals surface area contributed by atoms with Crippen molar-refractivity contribution >= 4 is 11.6 Å². The number of aryl methyl sites for hydroxylation is 1. The first-order chi connectivity index (χ1) is 9.52. The SMILES string of the molecule is CNc1ncc(C)c(Oc2c(F)cccc2[N+](=O)[O-])n1. The summed E-state index contributed by atoms with van der Waals surface area (Å²) in [5.41, 5.74) is 0.0653. The summed E-state index contributed by atoms with van der Waals surface area (Å²) in [4.78, 5) is 18.1. The molecule has 0 amide bonds. The molecule has 0 fully saturated rings. The van der Waals surface area contributed by atoms with Gasteiger partial charge in [0.15, 0.2) is 5.82 Å². The van der Waals surface area contributed by atoms with Gasteiger partial charge in [-0.1, -0.05) is 6.07 Å². The molecule has 104 valence electrons. The first kappa shape index (κ1) is 13.7. The number of rotatable bonds is 4. The maximum Gasteiger partial charge on any atom is 0.314 e. The molecule has 0 aliphatic heterocycles. The number of hydrogen-bond donors (Lipinski definition) is 1. The van der Waals surface area contributed by atoms with E-state index < -0.39 is 22.2 Å². The van der Waals surface area contributed by atoms with Gasteiger partial charge in [-0.15, -0.1) is 0 Å². The maximum absolute atomic E-state index is 13.7. The number of nitrogens with zero attached hydrogens (tertiary/aromatic N) is 3. The number of aromatic nitrogens is 2. The number of nitro benzene ring substituents is 1. The third-order valence-corrected chi connectivity index (χ3v) is 2.49. The minimum atomic E-state index is -0.830. The fourth-order valence-corrected chi connectivity index (χ4v) is 1.49. The van der Waals surface area contributed by atoms with Crippen LogP contribution >= 0.6 is 0 Å². The molecule has 1 aromatic heterocycles. The van der Waals surface area contributed by atoms with Crippen LogP contribution in [-0.4, -0.2) is 21.9 Å². The van der Waals surface area contributed by atoms with E-state index in [2.05, 4.69) is 15.3 Å². The van der Waals surface area contributed by atoms with Gasteiger partial charge in [0, 0.05) is 24.9 Å². The molecule has 1 aromatic carbocycles. The number of ether oxygens (including phenoxy) is 1. The fraction of sp³-hybridized carbons (Fsp3) is 0.167. The molecule has 0 unspecified atom stereocenters. The molecule has 2 aromatic rings. The van der Waals surface area contributed by atoms with E-state index in [1.165, 1.54) is 12.3 Å². The van der Waals surface area contributed by atoms with Gasteiger partial charge in [-0.2, -0.15) is 4.98 Å². The molecule has 0 spiro atoms. The summed E-state index contributed by atoms with van der Waals surface area (Å²) in [5, 5.41) is 13.6. The first-order valence-corrected chi connectivity index (χ1v) is 5.65. The highest BCUT2D eigenvalue weighted by Gasteiger charge is 2.21. The average molecular weight is 278 g/mol. The van der Waals surface area contributed by atoms with Crippen molar-refractivity contribution in [2.75, 3.05) is 12.4 Å². The van der Waals surface area contributed by atoms with E-state index in [0.717, 1.165) is 12.1 Å². The quantitative estimate of drug-likeness (QED) is 0.683. The predicted octanol–water partition coefficient (Wildman–Crippen LogP) is 2.67. The zero-order chi connectivity index (χ0) is 14.7. The molecule has 0 radical (unpaired) electrons. The third-order valence-electron chi connectivity index (χ3n) is 2.49. The molecule has 0 saturated heterocycles. The summed E-state index contributed by atoms with van der Waals surface area (Å²) in [6, 6.07) is 3.48. The average Bonchev–Trinajstić information content (AvgIpc) is 2.43. The molecule has 0 bridgehead atoms. The van der Waals surface area contributed by atoms with Crippen molar-refractivity contribution in [2.24, 2.45) is 0 Å². The van der Waals surface area contributed by atoms with Gasteiger partial charge in [-0.25, -0.2) is 9.37 Å². The minimum absolute atomic E-state index is 0.0533. The Bertz CT molecular complexity index is 663. The molecule has 2 rings (SSSR count). The molecule has 1 N–H and O–H groups in total. The number of nitro groups is 1. The lowest BCUT2D eigenvalue weighted by Crippen LogP contribution is -2.02. The molecule has 0 saturated carbocycles. The Morgan fingerprint density at radius 3 is 2.85 bits per heavy atom. The minimum Gasteiger partial charge on any atom is -0.428 e. The van der Waals surface area contributed by atoms with Gasteiger partial charge in [0.05, 0.1) is 4.92 Å². The molecule has 20 heavy (non-hydrogen) atoms. The molecular formula is C12H11FN4O3. The van der Waals surface area contributed by atoms with Crippen molar-refractivity contribution in [3.05, 3.63) is 45.9 Å². The number of nitrogens with one attached hydrogen (secondary N) is 1. The summed E-state index contributed by atoms with van der Waals surface area (Å²) in [5.74, 6) is -0.980. The van der Waals surface area contributed by atoms with Crippen molar-refractivity contribution in [1.82, 2.24) is 9.97 Å². The summed E-state index contributed by atoms with van der Waals surface area (Å²) >= 11 is 0. The number of hydrogen-bond acceptors (Lipinski definition) is 6. The van der Waals surface area contributed by atoms with E-state index in [-0.39, 0.29) is 11.8 Å². The Labute approximate surface area is 113 Å². The second-order valence-electron chi connectivity index (χ2n) is 3.88. The van der Waals surface area contributed by atoms with Gasteiger partial charge in [0.1, 0.15) is 0 Å². The number of benzene rings is 1. The van der Waals surface area contributed by atoms with Crippen molar-refractivity contribution in [3.8, 4) is 11.6 Å². The fourth-order valence-electron chi connectivity index (χ4n) is 1.49. The van der Waals surface area contributed by atoms with Crippen LogP contribution in [0, 0.1) is 22.9 Å². The lowest BCUT2D eigenvalue weighted by molar-refractivity contribution is -0.385. The predicted molar refractivity (Wildman–Crippen MR) is 69.4 cm³/mol. The summed E-state index contributed by atoms with van der Waals surface area (Å²) < 4.78 is 19.0. The van der Waals surface area contributed by atoms with Crippen LogP contribution in [0.3, 0.4) is 0 Å². The van der Waals surface area contributed by atoms with Gasteiger partial charge >= 0.3 is 5.69 Å². The summed E-state index contributed by atoms with van der Waals surface area (Å²) in [6.45, 7) is 1.65. The van der Waals surface area contributed by atoms with Gasteiger partial charge in [0.2, 0.25) is 17.6 Å². The Morgan fingerprint density at radius 1 is 1.45 bits per heavy atom. The van der Waals surface area contributed by atoms with Gasteiger partial charge < -0.3 is 10.1 Å². The molecule has 8 heteroatoms. The smallest absolute Gasteiger partial charge is 0.314 e. The highest BCUT2D eigenvalue weighted by molar-refractivity contribution is 5.49. The Hall–Kier alpha value is -2.77. The van der Waals surface area contributed by atoms with Crippen LogP contribution in [0.15, 0.2) is 24.4 Å². The van der Waals surface area contributed by atoms with Crippen LogP contribution in [-0.2, 0) is 0 Å². The Morgan fingerprint density at radius 2 is 2.20 bits per heavy atom. The highest BCUT2D eigenvalue weighted by atomic mass is 19.1. The molecule has 1 heterocycles. The van der Waals surface area contributed by atoms with E-state index in [9.17, 15) is 14.5 Å². The highest BCUT2D eigenvalue weighted by Crippen LogP contribution is 2.34. The van der Waals surface area contributed by atoms with Gasteiger partial charge in [0.25, 0.3) is 0 Å². The molecule has 0 atom stereocenters. The van der Waals surface area contributed by atoms with Crippen LogP contribution in [0.2, 0.25) is 0 Å². The van der Waals surface area contributed by atoms with E-state index in [4.69, 9.17) is 4.74 Å². The summed E-state index contributed by atoms with van der Waals surface area (Å²) in [6.07, 6.45) is 1.47. The second kappa shape index (κ2) is 5.47. The Balaban J connectivity index is 2.47. The van der Waals surface area contributed by atoms with E-state index in [1.807, 2.05) is 0 Å². The zero-order valence-electron chi connectivity index (χ0n) is 10.8. The molecular weight excluding hydrogens is 267 g/mol. The topological polar surface area (TPSA) is 90.2 Å². The lowest BCUT2D eigenvalue weighted by Gasteiger charge is -2.09. The van der Waals surface area contributed by atoms with Crippen LogP contribution < -0.4 is 10.1 Å². The normalized spacial score (nSPS) is 10.2. The van der Waals surface area contributed by atoms with Crippen molar-refractivity contribution in [2.45, 2.75) is 6.92 Å². The van der Waals surface area contributed by atoms with Crippen LogP contribution in [0.5, 0.6) is 11.6 Å². The van der Waals surface area contributed by atoms with E-state index in [1.54, 1.807) is 14.0 Å². The van der Waals surface area contributed by atoms with Crippen molar-refractivity contribution in [3.63, 3.8) is 0 Å². The lowest BCUT2D eigenvalue weighted by atomic mass is 10.3. The van der Waals surface area contributed by atoms with Crippen LogP contribution in [0.1, 0.15) is 5.56 Å². The summed E-state index contributed by atoms with van der Waals surface area (Å²) in [7, 11) is 1.61. The Kier molecular flexibility index (Phi) is 3.74. The second-order valence-corrected chi connectivity index (χ2v) is 3.88. The van der Waals surface area contributed by atoms with Crippen molar-refractivity contribution < 1.29 is 14.1 Å². The van der Waals surface area contributed by atoms with Crippen LogP contribution in [0.25, 0.3) is 0 Å². The monoisotopic (exact) mass is 278 g/mol. The number of anilines is 1. The standard InChI is InChI=1S/C12H11FN4O3/c1-7-6-15-12(14-2)16-11(7)20-10-8(13)4-3-5-9(10)17(18)19/h3-6H,1-2H3,(H,14,15,16). The van der Waals surface area contributed by atoms with Crippen LogP contribution in [0.4, 0.5) is 16.0 Å². The van der Waals surface area contributed by atoms with E-state index in [0.29, 0.717) is 5.56 Å². The third kappa shape index (κ3) is 2.63. The largest absolute Gasteiger partial charge is 0.428 e. The first-order valence-electron chi connectivity index (χ1n) is 5.65. The number of halogens is 1. The van der Waals surface area contributed by atoms with Gasteiger partial charge in [-0.3, -0.25) is 10.1 Å².